The second kappa shape index (κ2) is 10.6. The van der Waals surface area contributed by atoms with Gasteiger partial charge in [-0.3, -0.25) is 19.1 Å². The molecule has 3 N–H and O–H groups in total. The second-order valence-electron chi connectivity index (χ2n) is 10.9. The number of hydrogen-bond acceptors (Lipinski definition) is 5. The van der Waals surface area contributed by atoms with Crippen molar-refractivity contribution in [1.82, 2.24) is 24.9 Å². The van der Waals surface area contributed by atoms with Crippen molar-refractivity contribution in [2.75, 3.05) is 13.1 Å². The molecule has 0 spiro atoms. The Morgan fingerprint density at radius 2 is 1.59 bits per heavy atom. The van der Waals surface area contributed by atoms with Crippen LogP contribution in [0.4, 0.5) is 0 Å². The average molecular weight is 550 g/mol. The third kappa shape index (κ3) is 5.78. The first-order valence-corrected chi connectivity index (χ1v) is 13.3. The number of carbonyl (C=O) groups is 3. The fraction of sp³-hybridized carbons (Fsp3) is 0.538. The van der Waals surface area contributed by atoms with E-state index in [1.807, 2.05) is 20.8 Å². The zero-order chi connectivity index (χ0) is 27.1. The van der Waals surface area contributed by atoms with Gasteiger partial charge in [-0.1, -0.05) is 44.0 Å². The van der Waals surface area contributed by atoms with E-state index in [0.29, 0.717) is 16.3 Å². The standard InChI is InChI=1S/C26H34Cl2N6O3/c1-26(2,3)21-14-20(32(4)31-21)25(37)34-12-11-33(24(36)15-5-10-18(27)19(28)13-15)23(34)22(35)30-17-8-6-16(29)7-9-17/h5,10,13-14,16-17,23H,6-9,11-12,29H2,1-4H3,(H,30,35). The van der Waals surface area contributed by atoms with Crippen molar-refractivity contribution in [1.29, 1.82) is 0 Å². The van der Waals surface area contributed by atoms with Gasteiger partial charge in [-0.2, -0.15) is 5.10 Å². The zero-order valence-electron chi connectivity index (χ0n) is 21.6. The Balaban J connectivity index is 1.64. The molecule has 11 heteroatoms. The summed E-state index contributed by atoms with van der Waals surface area (Å²) in [7, 11) is 1.71. The number of amides is 3. The van der Waals surface area contributed by atoms with Crippen LogP contribution in [0.15, 0.2) is 24.3 Å². The molecule has 1 saturated heterocycles. The Morgan fingerprint density at radius 1 is 0.973 bits per heavy atom. The number of nitrogens with one attached hydrogen (secondary N) is 1. The Bertz CT molecular complexity index is 1200. The van der Waals surface area contributed by atoms with Crippen molar-refractivity contribution in [3.05, 3.63) is 51.3 Å². The molecule has 1 saturated carbocycles. The van der Waals surface area contributed by atoms with E-state index in [2.05, 4.69) is 10.4 Å². The molecule has 2 heterocycles. The molecule has 200 valence electrons. The molecule has 1 aliphatic heterocycles. The van der Waals surface area contributed by atoms with Crippen molar-refractivity contribution in [3.63, 3.8) is 0 Å². The van der Waals surface area contributed by atoms with Crippen LogP contribution < -0.4 is 11.1 Å². The quantitative estimate of drug-likeness (QED) is 0.608. The van der Waals surface area contributed by atoms with Gasteiger partial charge in [0.1, 0.15) is 5.69 Å². The Morgan fingerprint density at radius 3 is 2.16 bits per heavy atom. The minimum Gasteiger partial charge on any atom is -0.350 e. The topological polar surface area (TPSA) is 114 Å². The normalized spacial score (nSPS) is 22.3. The van der Waals surface area contributed by atoms with E-state index < -0.39 is 18.0 Å². The molecule has 1 aromatic carbocycles. The Hall–Kier alpha value is -2.62. The first-order chi connectivity index (χ1) is 17.4. The Labute approximate surface area is 227 Å². The number of aryl methyl sites for hydroxylation is 1. The van der Waals surface area contributed by atoms with E-state index in [4.69, 9.17) is 28.9 Å². The van der Waals surface area contributed by atoms with Crippen LogP contribution in [0.2, 0.25) is 10.0 Å². The lowest BCUT2D eigenvalue weighted by molar-refractivity contribution is -0.129. The maximum Gasteiger partial charge on any atom is 0.274 e. The number of benzene rings is 1. The van der Waals surface area contributed by atoms with E-state index in [-0.39, 0.29) is 41.5 Å². The van der Waals surface area contributed by atoms with Crippen molar-refractivity contribution in [2.24, 2.45) is 12.8 Å². The van der Waals surface area contributed by atoms with Gasteiger partial charge in [0.25, 0.3) is 17.7 Å². The number of nitrogens with zero attached hydrogens (tertiary/aromatic N) is 4. The molecule has 1 unspecified atom stereocenters. The van der Waals surface area contributed by atoms with Crippen LogP contribution in [0.3, 0.4) is 0 Å². The first-order valence-electron chi connectivity index (χ1n) is 12.5. The lowest BCUT2D eigenvalue weighted by atomic mass is 9.92. The zero-order valence-corrected chi connectivity index (χ0v) is 23.1. The third-order valence-corrected chi connectivity index (χ3v) is 7.82. The van der Waals surface area contributed by atoms with Gasteiger partial charge in [0.2, 0.25) is 0 Å². The SMILES string of the molecule is Cn1nc(C(C)(C)C)cc1C(=O)N1CCN(C(=O)c2ccc(Cl)c(Cl)c2)C1C(=O)NC1CCC(N)CC1. The lowest BCUT2D eigenvalue weighted by Gasteiger charge is -2.32. The van der Waals surface area contributed by atoms with Crippen LogP contribution in [-0.4, -0.2) is 68.6 Å². The number of carbonyl (C=O) groups excluding carboxylic acids is 3. The number of hydrogen-bond donors (Lipinski definition) is 2. The molecule has 2 aromatic rings. The molecule has 9 nitrogen and oxygen atoms in total. The molecule has 1 aliphatic carbocycles. The highest BCUT2D eigenvalue weighted by Gasteiger charge is 2.44. The second-order valence-corrected chi connectivity index (χ2v) is 11.7. The van der Waals surface area contributed by atoms with E-state index in [1.54, 1.807) is 25.2 Å². The molecule has 37 heavy (non-hydrogen) atoms. The van der Waals surface area contributed by atoms with Crippen molar-refractivity contribution >= 4 is 40.9 Å². The summed E-state index contributed by atoms with van der Waals surface area (Å²) in [6.07, 6.45) is 2.03. The fourth-order valence-corrected chi connectivity index (χ4v) is 5.15. The molecule has 3 amide bonds. The number of rotatable bonds is 4. The highest BCUT2D eigenvalue weighted by atomic mass is 35.5. The highest BCUT2D eigenvalue weighted by molar-refractivity contribution is 6.42. The van der Waals surface area contributed by atoms with Crippen LogP contribution in [0.5, 0.6) is 0 Å². The summed E-state index contributed by atoms with van der Waals surface area (Å²) >= 11 is 12.2. The molecule has 1 aromatic heterocycles. The van der Waals surface area contributed by atoms with Crippen molar-refractivity contribution < 1.29 is 14.4 Å². The van der Waals surface area contributed by atoms with Crippen molar-refractivity contribution in [2.45, 2.75) is 70.1 Å². The maximum atomic E-state index is 13.8. The summed E-state index contributed by atoms with van der Waals surface area (Å²) in [6.45, 7) is 6.45. The average Bonchev–Trinajstić information content (AvgIpc) is 3.45. The summed E-state index contributed by atoms with van der Waals surface area (Å²) in [6, 6.07) is 6.41. The number of halogens is 2. The summed E-state index contributed by atoms with van der Waals surface area (Å²) in [5.74, 6) is -1.15. The van der Waals surface area contributed by atoms with Gasteiger partial charge in [-0.05, 0) is 49.9 Å². The number of nitrogens with two attached hydrogens (primary N) is 1. The lowest BCUT2D eigenvalue weighted by Crippen LogP contribution is -2.56. The smallest absolute Gasteiger partial charge is 0.274 e. The molecule has 1 atom stereocenters. The molecular weight excluding hydrogens is 515 g/mol. The van der Waals surface area contributed by atoms with Gasteiger partial charge < -0.3 is 20.9 Å². The predicted molar refractivity (Wildman–Crippen MR) is 143 cm³/mol. The van der Waals surface area contributed by atoms with Gasteiger partial charge in [0.15, 0.2) is 6.17 Å². The van der Waals surface area contributed by atoms with Gasteiger partial charge in [0, 0.05) is 43.2 Å². The molecule has 0 radical (unpaired) electrons. The molecule has 2 fully saturated rings. The van der Waals surface area contributed by atoms with Crippen LogP contribution in [-0.2, 0) is 17.3 Å². The van der Waals surface area contributed by atoms with Gasteiger partial charge in [-0.15, -0.1) is 0 Å². The van der Waals surface area contributed by atoms with E-state index in [0.717, 1.165) is 31.4 Å². The summed E-state index contributed by atoms with van der Waals surface area (Å²) in [5.41, 5.74) is 7.18. The van der Waals surface area contributed by atoms with E-state index in [1.165, 1.54) is 20.5 Å². The summed E-state index contributed by atoms with van der Waals surface area (Å²) in [4.78, 5) is 43.8. The van der Waals surface area contributed by atoms with Gasteiger partial charge in [0.05, 0.1) is 15.7 Å². The van der Waals surface area contributed by atoms with Crippen LogP contribution in [0, 0.1) is 0 Å². The van der Waals surface area contributed by atoms with Gasteiger partial charge in [-0.25, -0.2) is 0 Å². The minimum atomic E-state index is -1.11. The molecular formula is C26H34Cl2N6O3. The summed E-state index contributed by atoms with van der Waals surface area (Å²) in [5, 5.41) is 8.15. The van der Waals surface area contributed by atoms with Crippen LogP contribution >= 0.6 is 23.2 Å². The van der Waals surface area contributed by atoms with Crippen LogP contribution in [0.1, 0.15) is 73.0 Å². The monoisotopic (exact) mass is 548 g/mol. The number of aromatic nitrogens is 2. The maximum absolute atomic E-state index is 13.8. The van der Waals surface area contributed by atoms with E-state index >= 15 is 0 Å². The highest BCUT2D eigenvalue weighted by Crippen LogP contribution is 2.28. The fourth-order valence-electron chi connectivity index (χ4n) is 4.85. The first kappa shape index (κ1) is 27.4. The molecule has 4 rings (SSSR count). The van der Waals surface area contributed by atoms with Crippen LogP contribution in [0.25, 0.3) is 0 Å². The molecule has 2 aliphatic rings. The third-order valence-electron chi connectivity index (χ3n) is 7.08. The minimum absolute atomic E-state index is 0.0593. The molecule has 0 bridgehead atoms. The Kier molecular flexibility index (Phi) is 7.88. The van der Waals surface area contributed by atoms with E-state index in [9.17, 15) is 14.4 Å². The van der Waals surface area contributed by atoms with Crippen molar-refractivity contribution in [3.8, 4) is 0 Å². The predicted octanol–water partition coefficient (Wildman–Crippen LogP) is 3.33. The largest absolute Gasteiger partial charge is 0.350 e. The van der Waals surface area contributed by atoms with Gasteiger partial charge >= 0.3 is 0 Å². The summed E-state index contributed by atoms with van der Waals surface area (Å²) < 4.78 is 1.53.